The Balaban J connectivity index is 0.000000189. The first-order chi connectivity index (χ1) is 6.50. The van der Waals surface area contributed by atoms with Crippen molar-refractivity contribution in [3.05, 3.63) is 53.5 Å². The maximum Gasteiger partial charge on any atom is 0.0267 e. The minimum atomic E-state index is 1.71. The van der Waals surface area contributed by atoms with E-state index >= 15 is 0 Å². The van der Waals surface area contributed by atoms with Crippen LogP contribution in [0.25, 0.3) is 0 Å². The molecule has 0 saturated carbocycles. The van der Waals surface area contributed by atoms with Gasteiger partial charge in [-0.1, -0.05) is 32.0 Å². The van der Waals surface area contributed by atoms with E-state index in [0.29, 0.717) is 0 Å². The van der Waals surface area contributed by atoms with E-state index < -0.39 is 0 Å². The predicted molar refractivity (Wildman–Crippen MR) is 59.9 cm³/mol. The maximum atomic E-state index is 3.78. The summed E-state index contributed by atoms with van der Waals surface area (Å²) in [5, 5.41) is 4.08. The summed E-state index contributed by atoms with van der Waals surface area (Å²) in [5.41, 5.74) is 0. The summed E-state index contributed by atoms with van der Waals surface area (Å²) in [4.78, 5) is 3.78. The summed E-state index contributed by atoms with van der Waals surface area (Å²) in [7, 11) is 0. The second-order valence-corrected chi connectivity index (χ2v) is 2.63. The molecule has 2 aromatic heterocycles. The summed E-state index contributed by atoms with van der Waals surface area (Å²) in [5.74, 6) is 0. The monoisotopic (exact) mass is 193 g/mol. The van der Waals surface area contributed by atoms with Gasteiger partial charge in [-0.05, 0) is 22.9 Å². The summed E-state index contributed by atoms with van der Waals surface area (Å²) >= 11 is 1.71. The van der Waals surface area contributed by atoms with Crippen LogP contribution in [0.3, 0.4) is 0 Å². The van der Waals surface area contributed by atoms with Crippen molar-refractivity contribution < 1.29 is 0 Å². The molecule has 2 aromatic rings. The highest BCUT2D eigenvalue weighted by Gasteiger charge is 1.59. The van der Waals surface area contributed by atoms with Crippen molar-refractivity contribution in [1.29, 1.82) is 0 Å². The van der Waals surface area contributed by atoms with E-state index in [9.17, 15) is 0 Å². The Morgan fingerprint density at radius 1 is 0.769 bits per heavy atom. The zero-order chi connectivity index (χ0) is 9.78. The van der Waals surface area contributed by atoms with Gasteiger partial charge in [0.25, 0.3) is 0 Å². The Labute approximate surface area is 84.1 Å². The van der Waals surface area contributed by atoms with Gasteiger partial charge in [0.1, 0.15) is 0 Å². The molecule has 0 aromatic carbocycles. The summed E-state index contributed by atoms with van der Waals surface area (Å²) in [6.07, 6.45) is 3.50. The van der Waals surface area contributed by atoms with Gasteiger partial charge in [-0.15, -0.1) is 0 Å². The van der Waals surface area contributed by atoms with Crippen molar-refractivity contribution in [3.8, 4) is 0 Å². The molecule has 0 fully saturated rings. The molecule has 0 aliphatic heterocycles. The second kappa shape index (κ2) is 10.8. The third-order valence-electron chi connectivity index (χ3n) is 0.992. The van der Waals surface area contributed by atoms with Crippen LogP contribution in [0.2, 0.25) is 0 Å². The van der Waals surface area contributed by atoms with E-state index in [0.717, 1.165) is 0 Å². The fraction of sp³-hybridized carbons (Fsp3) is 0.182. The molecular formula is C11H15NS. The molecule has 0 bridgehead atoms. The lowest BCUT2D eigenvalue weighted by atomic mass is 10.5. The molecule has 0 N–H and O–H groups in total. The molecule has 70 valence electrons. The van der Waals surface area contributed by atoms with Gasteiger partial charge in [0.05, 0.1) is 0 Å². The highest BCUT2D eigenvalue weighted by Crippen LogP contribution is 1.91. The first kappa shape index (κ1) is 11.8. The van der Waals surface area contributed by atoms with Crippen LogP contribution in [0.4, 0.5) is 0 Å². The maximum absolute atomic E-state index is 3.78. The Bertz CT molecular complexity index is 196. The van der Waals surface area contributed by atoms with Crippen molar-refractivity contribution in [1.82, 2.24) is 4.98 Å². The molecule has 0 spiro atoms. The second-order valence-electron chi connectivity index (χ2n) is 1.82. The van der Waals surface area contributed by atoms with E-state index in [1.54, 1.807) is 23.7 Å². The SMILES string of the molecule is CC.c1ccncc1.c1ccsc1. The lowest BCUT2D eigenvalue weighted by Crippen LogP contribution is -1.58. The van der Waals surface area contributed by atoms with Crippen LogP contribution < -0.4 is 0 Å². The molecule has 2 rings (SSSR count). The number of aromatic nitrogens is 1. The van der Waals surface area contributed by atoms with E-state index in [1.165, 1.54) is 0 Å². The molecule has 13 heavy (non-hydrogen) atoms. The first-order valence-electron chi connectivity index (χ1n) is 4.32. The minimum Gasteiger partial charge on any atom is -0.265 e. The molecule has 0 unspecified atom stereocenters. The van der Waals surface area contributed by atoms with Crippen LogP contribution >= 0.6 is 11.3 Å². The third-order valence-corrected chi connectivity index (χ3v) is 1.62. The number of rotatable bonds is 0. The Morgan fingerprint density at radius 2 is 1.31 bits per heavy atom. The first-order valence-corrected chi connectivity index (χ1v) is 5.26. The Kier molecular flexibility index (Phi) is 9.89. The molecule has 0 aliphatic rings. The van der Waals surface area contributed by atoms with Gasteiger partial charge >= 0.3 is 0 Å². The van der Waals surface area contributed by atoms with Gasteiger partial charge in [-0.2, -0.15) is 11.3 Å². The Hall–Kier alpha value is -1.15. The average molecular weight is 193 g/mol. The van der Waals surface area contributed by atoms with Gasteiger partial charge in [-0.3, -0.25) is 4.98 Å². The van der Waals surface area contributed by atoms with Crippen LogP contribution in [-0.4, -0.2) is 4.98 Å². The fourth-order valence-corrected chi connectivity index (χ4v) is 0.993. The van der Waals surface area contributed by atoms with Crippen molar-refractivity contribution in [2.24, 2.45) is 0 Å². The van der Waals surface area contributed by atoms with Crippen LogP contribution in [0.1, 0.15) is 13.8 Å². The lowest BCUT2D eigenvalue weighted by Gasteiger charge is -1.70. The zero-order valence-electron chi connectivity index (χ0n) is 8.05. The van der Waals surface area contributed by atoms with Gasteiger partial charge in [0.15, 0.2) is 0 Å². The molecular weight excluding hydrogens is 178 g/mol. The molecule has 1 nitrogen and oxygen atoms in total. The van der Waals surface area contributed by atoms with Gasteiger partial charge in [0.2, 0.25) is 0 Å². The molecule has 0 aliphatic carbocycles. The summed E-state index contributed by atoms with van der Waals surface area (Å²) in [6, 6.07) is 9.75. The molecule has 0 saturated heterocycles. The molecule has 2 heteroatoms. The van der Waals surface area contributed by atoms with E-state index in [4.69, 9.17) is 0 Å². The smallest absolute Gasteiger partial charge is 0.0267 e. The quantitative estimate of drug-likeness (QED) is 0.619. The van der Waals surface area contributed by atoms with Crippen LogP contribution in [-0.2, 0) is 0 Å². The van der Waals surface area contributed by atoms with Gasteiger partial charge < -0.3 is 0 Å². The largest absolute Gasteiger partial charge is 0.265 e. The van der Waals surface area contributed by atoms with Crippen molar-refractivity contribution in [2.75, 3.05) is 0 Å². The molecule has 2 heterocycles. The number of nitrogens with zero attached hydrogens (tertiary/aromatic N) is 1. The van der Waals surface area contributed by atoms with Gasteiger partial charge in [0, 0.05) is 12.4 Å². The van der Waals surface area contributed by atoms with E-state index in [2.05, 4.69) is 4.98 Å². The van der Waals surface area contributed by atoms with Crippen LogP contribution in [0.15, 0.2) is 53.5 Å². The van der Waals surface area contributed by atoms with Crippen molar-refractivity contribution in [2.45, 2.75) is 13.8 Å². The number of hydrogen-bond donors (Lipinski definition) is 0. The highest BCUT2D eigenvalue weighted by molar-refractivity contribution is 7.07. The highest BCUT2D eigenvalue weighted by atomic mass is 32.1. The number of hydrogen-bond acceptors (Lipinski definition) is 2. The Morgan fingerprint density at radius 3 is 1.46 bits per heavy atom. The summed E-state index contributed by atoms with van der Waals surface area (Å²) in [6.45, 7) is 4.00. The standard InChI is InChI=1S/C5H5N.C4H4S.C2H6/c1-2-4-6-5-3-1;1-2-4-5-3-1;1-2/h1-5H;1-4H;1-2H3. The molecule has 0 atom stereocenters. The fourth-order valence-electron chi connectivity index (χ4n) is 0.539. The van der Waals surface area contributed by atoms with Gasteiger partial charge in [-0.25, -0.2) is 0 Å². The third kappa shape index (κ3) is 8.76. The zero-order valence-corrected chi connectivity index (χ0v) is 8.87. The van der Waals surface area contributed by atoms with Crippen molar-refractivity contribution in [3.63, 3.8) is 0 Å². The van der Waals surface area contributed by atoms with E-state index in [-0.39, 0.29) is 0 Å². The summed E-state index contributed by atoms with van der Waals surface area (Å²) < 4.78 is 0. The lowest BCUT2D eigenvalue weighted by molar-refractivity contribution is 1.33. The van der Waals surface area contributed by atoms with Crippen molar-refractivity contribution >= 4 is 11.3 Å². The number of thiophene rings is 1. The normalized spacial score (nSPS) is 7.23. The molecule has 0 amide bonds. The minimum absolute atomic E-state index is 1.71. The topological polar surface area (TPSA) is 12.9 Å². The van der Waals surface area contributed by atoms with Crippen LogP contribution in [0, 0.1) is 0 Å². The van der Waals surface area contributed by atoms with E-state index in [1.807, 2.05) is 54.9 Å². The van der Waals surface area contributed by atoms with Crippen LogP contribution in [0.5, 0.6) is 0 Å². The number of pyridine rings is 1. The predicted octanol–water partition coefficient (Wildman–Crippen LogP) is 3.86. The average Bonchev–Trinajstić information content (AvgIpc) is 2.82. The molecule has 0 radical (unpaired) electrons.